The number of benzene rings is 2. The molecule has 76 valence electrons. The third kappa shape index (κ3) is 2.20. The van der Waals surface area contributed by atoms with Crippen molar-refractivity contribution in [3.8, 4) is 17.2 Å². The highest BCUT2D eigenvalue weighted by Crippen LogP contribution is 2.29. The fraction of sp³-hybridized carbons (Fsp3) is 0. The molecule has 0 unspecified atom stereocenters. The quantitative estimate of drug-likeness (QED) is 0.734. The summed E-state index contributed by atoms with van der Waals surface area (Å²) in [6, 6.07) is 13.8. The number of phenols is 1. The number of aromatic hydroxyl groups is 1. The van der Waals surface area contributed by atoms with Crippen LogP contribution in [0.5, 0.6) is 17.2 Å². The van der Waals surface area contributed by atoms with E-state index in [1.807, 2.05) is 0 Å². The Kier molecular flexibility index (Phi) is 2.46. The van der Waals surface area contributed by atoms with Gasteiger partial charge < -0.3 is 15.6 Å². The highest BCUT2D eigenvalue weighted by molar-refractivity contribution is 5.45. The maximum atomic E-state index is 9.48. The Morgan fingerprint density at radius 1 is 0.933 bits per heavy atom. The summed E-state index contributed by atoms with van der Waals surface area (Å²) < 4.78 is 5.46. The van der Waals surface area contributed by atoms with Gasteiger partial charge in [-0.15, -0.1) is 0 Å². The molecule has 0 aliphatic rings. The van der Waals surface area contributed by atoms with Gasteiger partial charge in [-0.25, -0.2) is 0 Å². The largest absolute Gasteiger partial charge is 0.504 e. The molecule has 0 atom stereocenters. The topological polar surface area (TPSA) is 55.5 Å². The molecule has 0 saturated heterocycles. The Morgan fingerprint density at radius 3 is 2.27 bits per heavy atom. The SMILES string of the molecule is Nc1ccc(Oc2ccccc2O)cc1. The number of hydrogen-bond acceptors (Lipinski definition) is 3. The number of hydrogen-bond donors (Lipinski definition) is 2. The van der Waals surface area contributed by atoms with Crippen molar-refractivity contribution in [3.05, 3.63) is 48.5 Å². The number of para-hydroxylation sites is 2. The molecular formula is C12H11NO2. The second kappa shape index (κ2) is 3.92. The molecule has 0 radical (unpaired) electrons. The molecular weight excluding hydrogens is 190 g/mol. The van der Waals surface area contributed by atoms with Crippen LogP contribution in [0.3, 0.4) is 0 Å². The van der Waals surface area contributed by atoms with Crippen molar-refractivity contribution in [2.45, 2.75) is 0 Å². The van der Waals surface area contributed by atoms with Crippen LogP contribution in [0.1, 0.15) is 0 Å². The van der Waals surface area contributed by atoms with Crippen LogP contribution in [0.25, 0.3) is 0 Å². The summed E-state index contributed by atoms with van der Waals surface area (Å²) in [5, 5.41) is 9.48. The Hall–Kier alpha value is -2.16. The normalized spacial score (nSPS) is 9.87. The van der Waals surface area contributed by atoms with Gasteiger partial charge in [0.2, 0.25) is 0 Å². The summed E-state index contributed by atoms with van der Waals surface area (Å²) in [6.07, 6.45) is 0. The van der Waals surface area contributed by atoms with Gasteiger partial charge in [0.05, 0.1) is 0 Å². The Bertz CT molecular complexity index is 451. The minimum atomic E-state index is 0.120. The summed E-state index contributed by atoms with van der Waals surface area (Å²) in [5.74, 6) is 1.20. The molecule has 3 heteroatoms. The van der Waals surface area contributed by atoms with Crippen LogP contribution in [0, 0.1) is 0 Å². The lowest BCUT2D eigenvalue weighted by atomic mass is 10.3. The van der Waals surface area contributed by atoms with Gasteiger partial charge in [-0.05, 0) is 36.4 Å². The number of nitrogen functional groups attached to an aromatic ring is 1. The maximum absolute atomic E-state index is 9.48. The zero-order valence-electron chi connectivity index (χ0n) is 8.05. The van der Waals surface area contributed by atoms with E-state index >= 15 is 0 Å². The molecule has 3 nitrogen and oxygen atoms in total. The number of nitrogens with two attached hydrogens (primary N) is 1. The third-order valence-electron chi connectivity index (χ3n) is 1.97. The monoisotopic (exact) mass is 201 g/mol. The average molecular weight is 201 g/mol. The molecule has 0 bridgehead atoms. The molecule has 0 spiro atoms. The van der Waals surface area contributed by atoms with E-state index in [4.69, 9.17) is 10.5 Å². The number of phenolic OH excluding ortho intramolecular Hbond substituents is 1. The van der Waals surface area contributed by atoms with Crippen LogP contribution in [-0.4, -0.2) is 5.11 Å². The van der Waals surface area contributed by atoms with E-state index in [1.165, 1.54) is 0 Å². The molecule has 0 heterocycles. The highest BCUT2D eigenvalue weighted by atomic mass is 16.5. The molecule has 0 amide bonds. The van der Waals surface area contributed by atoms with Crippen LogP contribution in [-0.2, 0) is 0 Å². The molecule has 0 aliphatic carbocycles. The van der Waals surface area contributed by atoms with Crippen molar-refractivity contribution in [3.63, 3.8) is 0 Å². The molecule has 0 aliphatic heterocycles. The second-order valence-corrected chi connectivity index (χ2v) is 3.14. The van der Waals surface area contributed by atoms with Crippen LogP contribution in [0.15, 0.2) is 48.5 Å². The lowest BCUT2D eigenvalue weighted by Gasteiger charge is -2.06. The summed E-state index contributed by atoms with van der Waals surface area (Å²) in [4.78, 5) is 0. The minimum absolute atomic E-state index is 0.120. The van der Waals surface area contributed by atoms with Gasteiger partial charge in [0, 0.05) is 5.69 Å². The van der Waals surface area contributed by atoms with E-state index in [9.17, 15) is 5.11 Å². The fourth-order valence-corrected chi connectivity index (χ4v) is 1.21. The third-order valence-corrected chi connectivity index (χ3v) is 1.97. The second-order valence-electron chi connectivity index (χ2n) is 3.14. The molecule has 2 rings (SSSR count). The zero-order chi connectivity index (χ0) is 10.7. The van der Waals surface area contributed by atoms with Gasteiger partial charge in [-0.2, -0.15) is 0 Å². The Balaban J connectivity index is 2.22. The Morgan fingerprint density at radius 2 is 1.60 bits per heavy atom. The standard InChI is InChI=1S/C12H11NO2/c13-9-5-7-10(8-6-9)15-12-4-2-1-3-11(12)14/h1-8,14H,13H2. The van der Waals surface area contributed by atoms with Crippen molar-refractivity contribution in [1.29, 1.82) is 0 Å². The summed E-state index contributed by atoms with van der Waals surface area (Å²) in [7, 11) is 0. The molecule has 0 saturated carbocycles. The first-order chi connectivity index (χ1) is 7.25. The van der Waals surface area contributed by atoms with Crippen LogP contribution in [0.4, 0.5) is 5.69 Å². The van der Waals surface area contributed by atoms with Crippen LogP contribution in [0.2, 0.25) is 0 Å². The minimum Gasteiger partial charge on any atom is -0.504 e. The number of rotatable bonds is 2. The lowest BCUT2D eigenvalue weighted by Crippen LogP contribution is -1.86. The smallest absolute Gasteiger partial charge is 0.169 e. The molecule has 0 aromatic heterocycles. The van der Waals surface area contributed by atoms with Gasteiger partial charge in [0.1, 0.15) is 5.75 Å². The zero-order valence-corrected chi connectivity index (χ0v) is 8.05. The van der Waals surface area contributed by atoms with E-state index in [2.05, 4.69) is 0 Å². The summed E-state index contributed by atoms with van der Waals surface area (Å²) in [6.45, 7) is 0. The van der Waals surface area contributed by atoms with E-state index < -0.39 is 0 Å². The number of anilines is 1. The maximum Gasteiger partial charge on any atom is 0.169 e. The Labute approximate surface area is 87.7 Å². The van der Waals surface area contributed by atoms with E-state index in [0.717, 1.165) is 0 Å². The van der Waals surface area contributed by atoms with Crippen molar-refractivity contribution in [2.75, 3.05) is 5.73 Å². The van der Waals surface area contributed by atoms with Crippen molar-refractivity contribution in [2.24, 2.45) is 0 Å². The van der Waals surface area contributed by atoms with Crippen LogP contribution >= 0.6 is 0 Å². The predicted molar refractivity (Wildman–Crippen MR) is 59.0 cm³/mol. The van der Waals surface area contributed by atoms with Crippen molar-refractivity contribution >= 4 is 5.69 Å². The average Bonchev–Trinajstić information content (AvgIpc) is 2.25. The van der Waals surface area contributed by atoms with Gasteiger partial charge in [0.15, 0.2) is 11.5 Å². The number of ether oxygens (including phenoxy) is 1. The predicted octanol–water partition coefficient (Wildman–Crippen LogP) is 2.77. The van der Waals surface area contributed by atoms with Crippen molar-refractivity contribution < 1.29 is 9.84 Å². The van der Waals surface area contributed by atoms with Gasteiger partial charge in [-0.3, -0.25) is 0 Å². The fourth-order valence-electron chi connectivity index (χ4n) is 1.21. The van der Waals surface area contributed by atoms with Gasteiger partial charge >= 0.3 is 0 Å². The summed E-state index contributed by atoms with van der Waals surface area (Å²) in [5.41, 5.74) is 6.23. The molecule has 2 aromatic rings. The first kappa shape index (κ1) is 9.40. The van der Waals surface area contributed by atoms with Gasteiger partial charge in [-0.1, -0.05) is 12.1 Å². The van der Waals surface area contributed by atoms with Crippen LogP contribution < -0.4 is 10.5 Å². The lowest BCUT2D eigenvalue weighted by molar-refractivity contribution is 0.411. The molecule has 3 N–H and O–H groups in total. The molecule has 2 aromatic carbocycles. The van der Waals surface area contributed by atoms with E-state index in [1.54, 1.807) is 48.5 Å². The molecule has 15 heavy (non-hydrogen) atoms. The van der Waals surface area contributed by atoms with Gasteiger partial charge in [0.25, 0.3) is 0 Å². The van der Waals surface area contributed by atoms with E-state index in [-0.39, 0.29) is 5.75 Å². The first-order valence-corrected chi connectivity index (χ1v) is 4.57. The summed E-state index contributed by atoms with van der Waals surface area (Å²) >= 11 is 0. The molecule has 0 fully saturated rings. The first-order valence-electron chi connectivity index (χ1n) is 4.57. The van der Waals surface area contributed by atoms with Crippen molar-refractivity contribution in [1.82, 2.24) is 0 Å². The van der Waals surface area contributed by atoms with E-state index in [0.29, 0.717) is 17.2 Å². The highest BCUT2D eigenvalue weighted by Gasteiger charge is 2.01.